The summed E-state index contributed by atoms with van der Waals surface area (Å²) in [6.07, 6.45) is 11.6. The molecular weight excluding hydrogens is 428 g/mol. The standard InChI is InChI=1S/C26H36N6O2/c1-15-13-28-8-7-9-29-16(2)19(15)10-21-20-12-24(33-6)22(25-17(3)32-34-18(25)4)11-23(20)31-26(21)30-14-27-5/h7-8,11,13-16,19-20,22,24,29,31H,5,9-10,12H2,1-4,6H3/b8-7-,28-13?,30-14?/t15?,16?,19-,20+,22-,24?/m1/s1. The Balaban J connectivity index is 1.69. The number of hydrogen-bond acceptors (Lipinski definition) is 7. The number of aryl methyl sites for hydroxylation is 2. The highest BCUT2D eigenvalue weighted by Gasteiger charge is 2.42. The summed E-state index contributed by atoms with van der Waals surface area (Å²) >= 11 is 0. The van der Waals surface area contributed by atoms with Gasteiger partial charge in [0.25, 0.3) is 0 Å². The second kappa shape index (κ2) is 10.6. The molecule has 0 saturated heterocycles. The fourth-order valence-corrected chi connectivity index (χ4v) is 5.58. The highest BCUT2D eigenvalue weighted by Crippen LogP contribution is 2.46. The van der Waals surface area contributed by atoms with E-state index in [1.807, 2.05) is 20.0 Å². The van der Waals surface area contributed by atoms with Gasteiger partial charge < -0.3 is 19.9 Å². The summed E-state index contributed by atoms with van der Waals surface area (Å²) in [6, 6.07) is 0.323. The summed E-state index contributed by atoms with van der Waals surface area (Å²) in [6.45, 7) is 12.8. The number of nitrogens with zero attached hydrogens (tertiary/aromatic N) is 4. The van der Waals surface area contributed by atoms with Crippen molar-refractivity contribution in [2.75, 3.05) is 13.7 Å². The summed E-state index contributed by atoms with van der Waals surface area (Å²) in [5.41, 5.74) is 4.47. The van der Waals surface area contributed by atoms with Crippen molar-refractivity contribution in [2.24, 2.45) is 32.7 Å². The number of fused-ring (bicyclic) bond motifs is 1. The van der Waals surface area contributed by atoms with Crippen molar-refractivity contribution in [3.05, 3.63) is 52.5 Å². The first-order valence-electron chi connectivity index (χ1n) is 12.0. The van der Waals surface area contributed by atoms with Crippen LogP contribution >= 0.6 is 0 Å². The smallest absolute Gasteiger partial charge is 0.137 e. The lowest BCUT2D eigenvalue weighted by Gasteiger charge is -2.34. The largest absolute Gasteiger partial charge is 0.380 e. The van der Waals surface area contributed by atoms with Gasteiger partial charge in [-0.1, -0.05) is 24.2 Å². The molecule has 1 aromatic rings. The SMILES string of the molecule is C=NC=NC1=C(C[C@@H]2C(C)C=N/C=C\CNC2C)[C@@H]2CC(OC)[C@H](c3c(C)noc3C)C=C2N1. The topological polar surface area (TPSA) is 96.4 Å². The average Bonchev–Trinajstić information content (AvgIpc) is 3.35. The molecule has 3 unspecified atom stereocenters. The highest BCUT2D eigenvalue weighted by molar-refractivity contribution is 5.64. The molecule has 0 saturated carbocycles. The van der Waals surface area contributed by atoms with Gasteiger partial charge in [-0.2, -0.15) is 0 Å². The van der Waals surface area contributed by atoms with E-state index in [2.05, 4.69) is 69.7 Å². The van der Waals surface area contributed by atoms with Crippen LogP contribution in [0.2, 0.25) is 0 Å². The monoisotopic (exact) mass is 464 g/mol. The van der Waals surface area contributed by atoms with Gasteiger partial charge in [0, 0.05) is 55.2 Å². The minimum atomic E-state index is 0.0162. The van der Waals surface area contributed by atoms with Crippen LogP contribution in [-0.2, 0) is 4.74 Å². The van der Waals surface area contributed by atoms with E-state index < -0.39 is 0 Å². The van der Waals surface area contributed by atoms with Gasteiger partial charge in [-0.3, -0.25) is 9.98 Å². The third-order valence-corrected chi connectivity index (χ3v) is 7.43. The number of allylic oxidation sites excluding steroid dienone is 1. The molecule has 2 N–H and O–H groups in total. The predicted molar refractivity (Wildman–Crippen MR) is 136 cm³/mol. The molecule has 2 aliphatic heterocycles. The fraction of sp³-hybridized carbons (Fsp3) is 0.538. The molecule has 6 atom stereocenters. The number of nitrogens with one attached hydrogen (secondary N) is 2. The van der Waals surface area contributed by atoms with Gasteiger partial charge >= 0.3 is 0 Å². The summed E-state index contributed by atoms with van der Waals surface area (Å²) < 4.78 is 11.5. The first-order chi connectivity index (χ1) is 16.4. The van der Waals surface area contributed by atoms with Crippen LogP contribution in [0.4, 0.5) is 0 Å². The van der Waals surface area contributed by atoms with Crippen LogP contribution in [0.3, 0.4) is 0 Å². The van der Waals surface area contributed by atoms with Gasteiger partial charge in [0.05, 0.1) is 11.8 Å². The van der Waals surface area contributed by atoms with Crippen molar-refractivity contribution >= 4 is 19.3 Å². The average molecular weight is 465 g/mol. The third kappa shape index (κ3) is 4.83. The molecule has 0 fully saturated rings. The lowest BCUT2D eigenvalue weighted by molar-refractivity contribution is 0.0695. The number of methoxy groups -OCH3 is 1. The molecule has 0 amide bonds. The molecule has 3 heterocycles. The van der Waals surface area contributed by atoms with Crippen molar-refractivity contribution < 1.29 is 9.26 Å². The Labute approximate surface area is 202 Å². The van der Waals surface area contributed by atoms with E-state index in [1.54, 1.807) is 7.11 Å². The van der Waals surface area contributed by atoms with E-state index >= 15 is 0 Å². The minimum Gasteiger partial charge on any atom is -0.380 e. The zero-order chi connectivity index (χ0) is 24.2. The quantitative estimate of drug-likeness (QED) is 0.489. The third-order valence-electron chi connectivity index (χ3n) is 7.43. The molecule has 182 valence electrons. The minimum absolute atomic E-state index is 0.0162. The molecule has 8 nitrogen and oxygen atoms in total. The predicted octanol–water partition coefficient (Wildman–Crippen LogP) is 4.06. The zero-order valence-electron chi connectivity index (χ0n) is 20.8. The molecule has 0 spiro atoms. The Kier molecular flexibility index (Phi) is 7.58. The van der Waals surface area contributed by atoms with E-state index in [0.29, 0.717) is 17.9 Å². The highest BCUT2D eigenvalue weighted by atomic mass is 16.5. The van der Waals surface area contributed by atoms with Crippen LogP contribution < -0.4 is 10.6 Å². The first kappa shape index (κ1) is 24.3. The summed E-state index contributed by atoms with van der Waals surface area (Å²) in [5.74, 6) is 2.66. The van der Waals surface area contributed by atoms with E-state index in [0.717, 1.165) is 47.9 Å². The molecule has 1 aromatic heterocycles. The maximum atomic E-state index is 6.02. The van der Waals surface area contributed by atoms with Gasteiger partial charge in [-0.05, 0) is 57.7 Å². The van der Waals surface area contributed by atoms with E-state index in [9.17, 15) is 0 Å². The van der Waals surface area contributed by atoms with E-state index in [1.165, 1.54) is 11.9 Å². The second-order valence-corrected chi connectivity index (χ2v) is 9.48. The van der Waals surface area contributed by atoms with Crippen molar-refractivity contribution in [1.82, 2.24) is 15.8 Å². The van der Waals surface area contributed by atoms with Crippen LogP contribution in [0.5, 0.6) is 0 Å². The summed E-state index contributed by atoms with van der Waals surface area (Å²) in [7, 11) is 1.79. The Morgan fingerprint density at radius 1 is 1.32 bits per heavy atom. The van der Waals surface area contributed by atoms with Crippen LogP contribution in [0, 0.1) is 31.6 Å². The molecule has 1 aliphatic carbocycles. The Morgan fingerprint density at radius 3 is 2.85 bits per heavy atom. The number of aromatic nitrogens is 1. The van der Waals surface area contributed by atoms with Gasteiger partial charge in [-0.25, -0.2) is 4.99 Å². The van der Waals surface area contributed by atoms with Gasteiger partial charge in [0.15, 0.2) is 0 Å². The van der Waals surface area contributed by atoms with Crippen LogP contribution in [-0.4, -0.2) is 50.2 Å². The number of ether oxygens (including phenoxy) is 1. The van der Waals surface area contributed by atoms with Crippen molar-refractivity contribution in [2.45, 2.75) is 58.6 Å². The molecule has 3 aliphatic rings. The second-order valence-electron chi connectivity index (χ2n) is 9.48. The van der Waals surface area contributed by atoms with Crippen LogP contribution in [0.15, 0.2) is 54.9 Å². The summed E-state index contributed by atoms with van der Waals surface area (Å²) in [4.78, 5) is 13.0. The van der Waals surface area contributed by atoms with Crippen molar-refractivity contribution in [3.63, 3.8) is 0 Å². The first-order valence-corrected chi connectivity index (χ1v) is 12.0. The van der Waals surface area contributed by atoms with Gasteiger partial charge in [0.1, 0.15) is 17.9 Å². The Morgan fingerprint density at radius 2 is 2.15 bits per heavy atom. The maximum Gasteiger partial charge on any atom is 0.137 e. The molecule has 0 aromatic carbocycles. The van der Waals surface area contributed by atoms with Gasteiger partial charge in [0.2, 0.25) is 0 Å². The zero-order valence-corrected chi connectivity index (χ0v) is 20.8. The van der Waals surface area contributed by atoms with Gasteiger partial charge in [-0.15, -0.1) is 0 Å². The number of hydrogen-bond donors (Lipinski definition) is 2. The lowest BCUT2D eigenvalue weighted by Crippen LogP contribution is -2.38. The van der Waals surface area contributed by atoms with Crippen molar-refractivity contribution in [1.29, 1.82) is 0 Å². The fourth-order valence-electron chi connectivity index (χ4n) is 5.58. The Hall–Kier alpha value is -2.84. The molecule has 8 heteroatoms. The van der Waals surface area contributed by atoms with E-state index in [-0.39, 0.29) is 17.9 Å². The number of rotatable bonds is 6. The molecule has 0 radical (unpaired) electrons. The Bertz CT molecular complexity index is 1030. The molecular formula is C26H36N6O2. The molecule has 34 heavy (non-hydrogen) atoms. The number of aliphatic imine (C=N–C) groups is 3. The maximum absolute atomic E-state index is 6.02. The lowest BCUT2D eigenvalue weighted by atomic mass is 9.74. The van der Waals surface area contributed by atoms with Crippen LogP contribution in [0.1, 0.15) is 49.6 Å². The van der Waals surface area contributed by atoms with Crippen molar-refractivity contribution in [3.8, 4) is 0 Å². The summed E-state index contributed by atoms with van der Waals surface area (Å²) in [5, 5.41) is 11.4. The molecule has 0 bridgehead atoms. The van der Waals surface area contributed by atoms with E-state index in [4.69, 9.17) is 9.26 Å². The molecule has 4 rings (SSSR count). The normalized spacial score (nSPS) is 32.6. The van der Waals surface area contributed by atoms with Crippen LogP contribution in [0.25, 0.3) is 0 Å².